The minimum Gasteiger partial charge on any atom is -0.479 e. The van der Waals surface area contributed by atoms with Gasteiger partial charge in [0.05, 0.1) is 17.7 Å². The summed E-state index contributed by atoms with van der Waals surface area (Å²) in [4.78, 5) is 27.7. The number of hydrogen-bond acceptors (Lipinski definition) is 6. The Morgan fingerprint density at radius 3 is 2.40 bits per heavy atom. The topological polar surface area (TPSA) is 126 Å². The zero-order chi connectivity index (χ0) is 18.8. The number of aliphatic hydroxyl groups is 1. The van der Waals surface area contributed by atoms with Gasteiger partial charge >= 0.3 is 5.97 Å². The van der Waals surface area contributed by atoms with Crippen LogP contribution in [0.15, 0.2) is 28.8 Å². The molecular weight excluding hydrogens is 326 g/mol. The third-order valence-corrected chi connectivity index (χ3v) is 3.55. The maximum absolute atomic E-state index is 12.4. The van der Waals surface area contributed by atoms with Crippen LogP contribution in [-0.4, -0.2) is 44.4 Å². The molecule has 1 amide bonds. The van der Waals surface area contributed by atoms with Crippen LogP contribution in [0, 0.1) is 0 Å². The van der Waals surface area contributed by atoms with Crippen LogP contribution >= 0.6 is 0 Å². The van der Waals surface area contributed by atoms with Gasteiger partial charge in [0.2, 0.25) is 0 Å². The van der Waals surface area contributed by atoms with Gasteiger partial charge in [0.1, 0.15) is 0 Å². The number of hydrogen-bond donors (Lipinski definition) is 3. The number of nitrogens with zero attached hydrogens (tertiary/aromatic N) is 2. The zero-order valence-corrected chi connectivity index (χ0v) is 14.5. The van der Waals surface area contributed by atoms with Crippen LogP contribution in [0.2, 0.25) is 0 Å². The average molecular weight is 347 g/mol. The Morgan fingerprint density at radius 2 is 1.84 bits per heavy atom. The zero-order valence-electron chi connectivity index (χ0n) is 14.5. The van der Waals surface area contributed by atoms with Gasteiger partial charge in [0.15, 0.2) is 11.4 Å². The Kier molecular flexibility index (Phi) is 4.94. The molecule has 0 spiro atoms. The number of carbonyl (C=O) groups is 2. The molecule has 0 fully saturated rings. The van der Waals surface area contributed by atoms with Crippen LogP contribution in [0.5, 0.6) is 0 Å². The summed E-state index contributed by atoms with van der Waals surface area (Å²) in [6, 6.07) is 6.60. The number of carboxylic acid groups (broad SMARTS) is 1. The minimum atomic E-state index is -2.06. The summed E-state index contributed by atoms with van der Waals surface area (Å²) in [5.41, 5.74) is -1.70. The van der Waals surface area contributed by atoms with Crippen molar-refractivity contribution >= 4 is 11.9 Å². The summed E-state index contributed by atoms with van der Waals surface area (Å²) >= 11 is 0. The molecule has 1 aromatic carbocycles. The minimum absolute atomic E-state index is 0.195. The molecule has 25 heavy (non-hydrogen) atoms. The lowest BCUT2D eigenvalue weighted by molar-refractivity contribution is -0.155. The number of amides is 1. The van der Waals surface area contributed by atoms with Gasteiger partial charge in [-0.05, 0) is 19.1 Å². The number of aliphatic carboxylic acids is 1. The maximum Gasteiger partial charge on any atom is 0.337 e. The third kappa shape index (κ3) is 4.21. The first-order valence-corrected chi connectivity index (χ1v) is 7.70. The summed E-state index contributed by atoms with van der Waals surface area (Å²) in [6.07, 6.45) is 0. The van der Waals surface area contributed by atoms with E-state index in [1.165, 1.54) is 0 Å². The predicted octanol–water partition coefficient (Wildman–Crippen LogP) is 1.60. The second-order valence-electron chi connectivity index (χ2n) is 6.98. The van der Waals surface area contributed by atoms with E-state index in [-0.39, 0.29) is 16.9 Å². The Balaban J connectivity index is 2.28. The molecule has 0 bridgehead atoms. The second-order valence-corrected chi connectivity index (χ2v) is 6.98. The quantitative estimate of drug-likeness (QED) is 0.750. The molecule has 134 valence electrons. The van der Waals surface area contributed by atoms with Gasteiger partial charge in [-0.3, -0.25) is 4.79 Å². The van der Waals surface area contributed by atoms with Crippen molar-refractivity contribution in [1.82, 2.24) is 15.5 Å². The SMILES string of the molecule is CC(O)(CNC(=O)c1ccccc1-c1nc(C(C)(C)C)no1)C(=O)O. The van der Waals surface area contributed by atoms with E-state index < -0.39 is 24.0 Å². The van der Waals surface area contributed by atoms with Crippen LogP contribution < -0.4 is 5.32 Å². The normalized spacial score (nSPS) is 14.0. The van der Waals surface area contributed by atoms with Crippen LogP contribution in [0.4, 0.5) is 0 Å². The highest BCUT2D eigenvalue weighted by Crippen LogP contribution is 2.26. The molecule has 8 heteroatoms. The van der Waals surface area contributed by atoms with Crippen molar-refractivity contribution in [1.29, 1.82) is 0 Å². The number of aromatic nitrogens is 2. The highest BCUT2D eigenvalue weighted by molar-refractivity contribution is 6.00. The Morgan fingerprint density at radius 1 is 1.20 bits per heavy atom. The molecule has 1 aromatic heterocycles. The monoisotopic (exact) mass is 347 g/mol. The molecule has 2 rings (SSSR count). The van der Waals surface area contributed by atoms with Gasteiger partial charge in [0.25, 0.3) is 11.8 Å². The van der Waals surface area contributed by atoms with E-state index in [4.69, 9.17) is 9.63 Å². The van der Waals surface area contributed by atoms with Gasteiger partial charge in [0, 0.05) is 5.41 Å². The molecule has 1 atom stereocenters. The first kappa shape index (κ1) is 18.6. The van der Waals surface area contributed by atoms with E-state index in [1.54, 1.807) is 24.3 Å². The molecule has 2 aromatic rings. The fraction of sp³-hybridized carbons (Fsp3) is 0.412. The van der Waals surface area contributed by atoms with Crippen LogP contribution in [-0.2, 0) is 10.2 Å². The van der Waals surface area contributed by atoms with Crippen molar-refractivity contribution in [2.45, 2.75) is 38.7 Å². The van der Waals surface area contributed by atoms with Crippen LogP contribution in [0.25, 0.3) is 11.5 Å². The number of rotatable bonds is 5. The smallest absolute Gasteiger partial charge is 0.337 e. The third-order valence-electron chi connectivity index (χ3n) is 3.55. The van der Waals surface area contributed by atoms with Crippen molar-refractivity contribution in [3.63, 3.8) is 0 Å². The van der Waals surface area contributed by atoms with Gasteiger partial charge in [-0.2, -0.15) is 4.98 Å². The lowest BCUT2D eigenvalue weighted by atomic mass is 9.96. The summed E-state index contributed by atoms with van der Waals surface area (Å²) in [7, 11) is 0. The van der Waals surface area contributed by atoms with Crippen LogP contribution in [0.3, 0.4) is 0 Å². The number of carboxylic acids is 1. The number of nitrogens with one attached hydrogen (secondary N) is 1. The molecule has 8 nitrogen and oxygen atoms in total. The first-order chi connectivity index (χ1) is 11.5. The highest BCUT2D eigenvalue weighted by Gasteiger charge is 2.31. The Hall–Kier alpha value is -2.74. The summed E-state index contributed by atoms with van der Waals surface area (Å²) in [6.45, 7) is 6.48. The van der Waals surface area contributed by atoms with E-state index in [0.29, 0.717) is 11.4 Å². The highest BCUT2D eigenvalue weighted by atomic mass is 16.5. The first-order valence-electron chi connectivity index (χ1n) is 7.70. The van der Waals surface area contributed by atoms with E-state index >= 15 is 0 Å². The molecule has 0 aliphatic carbocycles. The second kappa shape index (κ2) is 6.64. The molecule has 0 aliphatic rings. The van der Waals surface area contributed by atoms with Gasteiger partial charge in [-0.1, -0.05) is 38.1 Å². The molecule has 1 unspecified atom stereocenters. The summed E-state index contributed by atoms with van der Waals surface area (Å²) < 4.78 is 5.27. The fourth-order valence-electron chi connectivity index (χ4n) is 1.93. The Labute approximate surface area is 144 Å². The fourth-order valence-corrected chi connectivity index (χ4v) is 1.93. The van der Waals surface area contributed by atoms with Crippen molar-refractivity contribution in [2.24, 2.45) is 0 Å². The standard InChI is InChI=1S/C17H21N3O5/c1-16(2,3)14-19-13(25-20-14)11-8-6-5-7-10(11)12(21)18-9-17(4,24)15(22)23/h5-8,24H,9H2,1-4H3,(H,18,21)(H,22,23). The molecule has 0 aliphatic heterocycles. The molecule has 0 saturated heterocycles. The van der Waals surface area contributed by atoms with Gasteiger partial charge in [-0.15, -0.1) is 0 Å². The van der Waals surface area contributed by atoms with Crippen molar-refractivity contribution in [3.8, 4) is 11.5 Å². The van der Waals surface area contributed by atoms with Crippen LogP contribution in [0.1, 0.15) is 43.9 Å². The van der Waals surface area contributed by atoms with E-state index in [9.17, 15) is 14.7 Å². The van der Waals surface area contributed by atoms with Crippen molar-refractivity contribution in [3.05, 3.63) is 35.7 Å². The molecular formula is C17H21N3O5. The molecule has 1 heterocycles. The van der Waals surface area contributed by atoms with Crippen molar-refractivity contribution in [2.75, 3.05) is 6.54 Å². The van der Waals surface area contributed by atoms with E-state index in [2.05, 4.69) is 15.5 Å². The number of carbonyl (C=O) groups excluding carboxylic acids is 1. The maximum atomic E-state index is 12.4. The summed E-state index contributed by atoms with van der Waals surface area (Å²) in [5, 5.41) is 25.0. The van der Waals surface area contributed by atoms with E-state index in [1.807, 2.05) is 20.8 Å². The van der Waals surface area contributed by atoms with Crippen molar-refractivity contribution < 1.29 is 24.3 Å². The molecule has 0 saturated carbocycles. The molecule has 3 N–H and O–H groups in total. The number of benzene rings is 1. The van der Waals surface area contributed by atoms with Gasteiger partial charge in [-0.25, -0.2) is 4.79 Å². The predicted molar refractivity (Wildman–Crippen MR) is 89.0 cm³/mol. The summed E-state index contributed by atoms with van der Waals surface area (Å²) in [5.74, 6) is -1.27. The van der Waals surface area contributed by atoms with E-state index in [0.717, 1.165) is 6.92 Å². The average Bonchev–Trinajstić information content (AvgIpc) is 3.02. The van der Waals surface area contributed by atoms with Gasteiger partial charge < -0.3 is 20.1 Å². The molecule has 0 radical (unpaired) electrons. The largest absolute Gasteiger partial charge is 0.479 e. The Bertz CT molecular complexity index is 790. The lowest BCUT2D eigenvalue weighted by Crippen LogP contribution is -2.46. The lowest BCUT2D eigenvalue weighted by Gasteiger charge is -2.18.